The molecule has 0 unspecified atom stereocenters. The van der Waals surface area contributed by atoms with Crippen LogP contribution < -0.4 is 16.2 Å². The molecule has 0 radical (unpaired) electrons. The van der Waals surface area contributed by atoms with Crippen LogP contribution in [0.15, 0.2) is 28.7 Å². The van der Waals surface area contributed by atoms with Gasteiger partial charge in [-0.15, -0.1) is 0 Å². The third-order valence-corrected chi connectivity index (χ3v) is 3.50. The lowest BCUT2D eigenvalue weighted by atomic mass is 10.1. The molecule has 0 saturated carbocycles. The Balaban J connectivity index is 2.19. The molecule has 5 nitrogen and oxygen atoms in total. The van der Waals surface area contributed by atoms with E-state index in [4.69, 9.17) is 10.3 Å². The van der Waals surface area contributed by atoms with Crippen molar-refractivity contribution in [1.82, 2.24) is 5.43 Å². The summed E-state index contributed by atoms with van der Waals surface area (Å²) >= 11 is 0. The van der Waals surface area contributed by atoms with E-state index < -0.39 is 0 Å². The summed E-state index contributed by atoms with van der Waals surface area (Å²) in [5, 5.41) is 0. The van der Waals surface area contributed by atoms with E-state index in [1.54, 1.807) is 13.0 Å². The summed E-state index contributed by atoms with van der Waals surface area (Å²) in [7, 11) is 2.00. The highest BCUT2D eigenvalue weighted by molar-refractivity contribution is 5.94. The first-order valence-electron chi connectivity index (χ1n) is 6.81. The van der Waals surface area contributed by atoms with E-state index in [1.165, 1.54) is 11.1 Å². The SMILES string of the molecule is Cc1ccc(N(C)Cc2cc(C(=O)NN)c(C)o2)c(C)c1. The fourth-order valence-electron chi connectivity index (χ4n) is 2.48. The highest BCUT2D eigenvalue weighted by atomic mass is 16.3. The third-order valence-electron chi connectivity index (χ3n) is 3.50. The van der Waals surface area contributed by atoms with Crippen LogP contribution in [-0.4, -0.2) is 13.0 Å². The summed E-state index contributed by atoms with van der Waals surface area (Å²) in [6, 6.07) is 8.05. The zero-order valence-corrected chi connectivity index (χ0v) is 12.9. The number of nitrogen functional groups attached to an aromatic ring is 1. The Morgan fingerprint density at radius 2 is 2.00 bits per heavy atom. The standard InChI is InChI=1S/C16H21N3O2/c1-10-5-6-15(11(2)7-10)19(4)9-13-8-14(12(3)21-13)16(20)18-17/h5-8H,9,17H2,1-4H3,(H,18,20). The van der Waals surface area contributed by atoms with Crippen LogP contribution in [0.3, 0.4) is 0 Å². The van der Waals surface area contributed by atoms with Crippen molar-refractivity contribution in [2.75, 3.05) is 11.9 Å². The van der Waals surface area contributed by atoms with Gasteiger partial charge in [0.05, 0.1) is 12.1 Å². The van der Waals surface area contributed by atoms with E-state index in [0.29, 0.717) is 17.9 Å². The summed E-state index contributed by atoms with van der Waals surface area (Å²) in [6.45, 7) is 6.50. The molecule has 2 rings (SSSR count). The van der Waals surface area contributed by atoms with E-state index in [0.717, 1.165) is 11.4 Å². The number of nitrogens with one attached hydrogen (secondary N) is 1. The number of hydrazine groups is 1. The van der Waals surface area contributed by atoms with Crippen LogP contribution in [0.2, 0.25) is 0 Å². The first kappa shape index (κ1) is 15.1. The Hall–Kier alpha value is -2.27. The fraction of sp³-hybridized carbons (Fsp3) is 0.312. The molecule has 5 heteroatoms. The Morgan fingerprint density at radius 3 is 2.62 bits per heavy atom. The number of nitrogens with zero attached hydrogens (tertiary/aromatic N) is 1. The summed E-state index contributed by atoms with van der Waals surface area (Å²) in [4.78, 5) is 13.7. The number of hydrogen-bond acceptors (Lipinski definition) is 4. The Bertz CT molecular complexity index is 662. The van der Waals surface area contributed by atoms with E-state index in [-0.39, 0.29) is 5.91 Å². The maximum atomic E-state index is 11.6. The zero-order chi connectivity index (χ0) is 15.6. The fourth-order valence-corrected chi connectivity index (χ4v) is 2.48. The lowest BCUT2D eigenvalue weighted by Gasteiger charge is -2.20. The second-order valence-corrected chi connectivity index (χ2v) is 5.30. The van der Waals surface area contributed by atoms with Crippen LogP contribution in [-0.2, 0) is 6.54 Å². The maximum Gasteiger partial charge on any atom is 0.268 e. The van der Waals surface area contributed by atoms with Crippen LogP contribution in [0.4, 0.5) is 5.69 Å². The van der Waals surface area contributed by atoms with Crippen molar-refractivity contribution >= 4 is 11.6 Å². The Kier molecular flexibility index (Phi) is 4.33. The van der Waals surface area contributed by atoms with Gasteiger partial charge in [-0.25, -0.2) is 5.84 Å². The van der Waals surface area contributed by atoms with Crippen molar-refractivity contribution < 1.29 is 9.21 Å². The first-order chi connectivity index (χ1) is 9.92. The largest absolute Gasteiger partial charge is 0.464 e. The zero-order valence-electron chi connectivity index (χ0n) is 12.9. The molecule has 0 saturated heterocycles. The van der Waals surface area contributed by atoms with E-state index in [2.05, 4.69) is 42.4 Å². The molecule has 0 spiro atoms. The molecule has 3 N–H and O–H groups in total. The van der Waals surface area contributed by atoms with Gasteiger partial charge in [-0.2, -0.15) is 0 Å². The molecule has 0 bridgehead atoms. The minimum Gasteiger partial charge on any atom is -0.464 e. The monoisotopic (exact) mass is 287 g/mol. The number of rotatable bonds is 4. The van der Waals surface area contributed by atoms with Crippen molar-refractivity contribution in [2.45, 2.75) is 27.3 Å². The van der Waals surface area contributed by atoms with Gasteiger partial charge in [-0.05, 0) is 38.5 Å². The lowest BCUT2D eigenvalue weighted by molar-refractivity contribution is 0.0952. The van der Waals surface area contributed by atoms with Crippen LogP contribution >= 0.6 is 0 Å². The quantitative estimate of drug-likeness (QED) is 0.515. The van der Waals surface area contributed by atoms with E-state index in [9.17, 15) is 4.79 Å². The van der Waals surface area contributed by atoms with Crippen LogP contribution in [0.5, 0.6) is 0 Å². The van der Waals surface area contributed by atoms with Crippen LogP contribution in [0.25, 0.3) is 0 Å². The van der Waals surface area contributed by atoms with E-state index >= 15 is 0 Å². The smallest absolute Gasteiger partial charge is 0.268 e. The molecule has 0 atom stereocenters. The van der Waals surface area contributed by atoms with Gasteiger partial charge in [-0.3, -0.25) is 10.2 Å². The molecular formula is C16H21N3O2. The number of benzene rings is 1. The Morgan fingerprint density at radius 1 is 1.29 bits per heavy atom. The van der Waals surface area contributed by atoms with Gasteiger partial charge in [0, 0.05) is 12.7 Å². The highest BCUT2D eigenvalue weighted by Gasteiger charge is 2.15. The van der Waals surface area contributed by atoms with Crippen molar-refractivity contribution in [1.29, 1.82) is 0 Å². The van der Waals surface area contributed by atoms with E-state index in [1.807, 2.05) is 7.05 Å². The Labute approximate surface area is 124 Å². The van der Waals surface area contributed by atoms with Crippen LogP contribution in [0, 0.1) is 20.8 Å². The van der Waals surface area contributed by atoms with Crippen molar-refractivity contribution in [2.24, 2.45) is 5.84 Å². The number of carbonyl (C=O) groups excluding carboxylic acids is 1. The number of carbonyl (C=O) groups is 1. The molecule has 1 aromatic heterocycles. The van der Waals surface area contributed by atoms with Crippen molar-refractivity contribution in [3.8, 4) is 0 Å². The summed E-state index contributed by atoms with van der Waals surface area (Å²) in [6.07, 6.45) is 0. The predicted octanol–water partition coefficient (Wildman–Crippen LogP) is 2.44. The molecule has 112 valence electrons. The minimum absolute atomic E-state index is 0.336. The topological polar surface area (TPSA) is 71.5 Å². The lowest BCUT2D eigenvalue weighted by Crippen LogP contribution is -2.30. The van der Waals surface area contributed by atoms with Gasteiger partial charge >= 0.3 is 0 Å². The molecule has 1 aromatic carbocycles. The predicted molar refractivity (Wildman–Crippen MR) is 83.1 cm³/mol. The number of furan rings is 1. The van der Waals surface area contributed by atoms with Crippen molar-refractivity contribution in [3.63, 3.8) is 0 Å². The van der Waals surface area contributed by atoms with Gasteiger partial charge in [0.2, 0.25) is 0 Å². The number of amides is 1. The number of aryl methyl sites for hydroxylation is 3. The molecule has 0 fully saturated rings. The second-order valence-electron chi connectivity index (χ2n) is 5.30. The average Bonchev–Trinajstić information content (AvgIpc) is 2.78. The number of nitrogens with two attached hydrogens (primary N) is 1. The molecule has 0 aliphatic rings. The van der Waals surface area contributed by atoms with Gasteiger partial charge in [-0.1, -0.05) is 17.7 Å². The molecule has 1 heterocycles. The summed E-state index contributed by atoms with van der Waals surface area (Å²) < 4.78 is 5.64. The average molecular weight is 287 g/mol. The molecule has 21 heavy (non-hydrogen) atoms. The van der Waals surface area contributed by atoms with Gasteiger partial charge in [0.15, 0.2) is 0 Å². The minimum atomic E-state index is -0.336. The van der Waals surface area contributed by atoms with Gasteiger partial charge in [0.25, 0.3) is 5.91 Å². The summed E-state index contributed by atoms with van der Waals surface area (Å²) in [5.74, 6) is 6.12. The first-order valence-corrected chi connectivity index (χ1v) is 6.81. The molecule has 2 aromatic rings. The molecule has 1 amide bonds. The third kappa shape index (κ3) is 3.25. The van der Waals surface area contributed by atoms with Gasteiger partial charge < -0.3 is 9.32 Å². The van der Waals surface area contributed by atoms with Crippen molar-refractivity contribution in [3.05, 3.63) is 52.5 Å². The normalized spacial score (nSPS) is 10.5. The molecular weight excluding hydrogens is 266 g/mol. The number of anilines is 1. The summed E-state index contributed by atoms with van der Waals surface area (Å²) in [5.41, 5.74) is 6.18. The molecule has 0 aliphatic carbocycles. The number of hydrogen-bond donors (Lipinski definition) is 2. The highest BCUT2D eigenvalue weighted by Crippen LogP contribution is 2.23. The van der Waals surface area contributed by atoms with Crippen LogP contribution in [0.1, 0.15) is 33.0 Å². The second kappa shape index (κ2) is 6.01. The molecule has 0 aliphatic heterocycles. The maximum absolute atomic E-state index is 11.6. The van der Waals surface area contributed by atoms with Gasteiger partial charge in [0.1, 0.15) is 11.5 Å².